The smallest absolute Gasteiger partial charge is 0.414 e. The number of carboxylic acid groups (broad SMARTS) is 1. The summed E-state index contributed by atoms with van der Waals surface area (Å²) in [6.45, 7) is 10.7. The molecule has 1 aliphatic rings. The van der Waals surface area contributed by atoms with Crippen molar-refractivity contribution in [2.24, 2.45) is 4.99 Å². The number of nitrogens with zero attached hydrogens (tertiary/aromatic N) is 2. The van der Waals surface area contributed by atoms with Gasteiger partial charge in [-0.05, 0) is 73.9 Å². The van der Waals surface area contributed by atoms with Gasteiger partial charge in [0.2, 0.25) is 11.9 Å². The average molecular weight is 953 g/mol. The van der Waals surface area contributed by atoms with Crippen LogP contribution in [0.25, 0.3) is 11.1 Å². The Labute approximate surface area is 400 Å². The average Bonchev–Trinajstić information content (AvgIpc) is 3.63. The Morgan fingerprint density at radius 2 is 1.36 bits per heavy atom. The molecule has 4 rings (SSSR count). The van der Waals surface area contributed by atoms with E-state index >= 15 is 0 Å². The monoisotopic (exact) mass is 952 g/mol. The Balaban J connectivity index is 1.61. The van der Waals surface area contributed by atoms with E-state index in [0.29, 0.717) is 0 Å². The van der Waals surface area contributed by atoms with E-state index in [0.717, 1.165) is 40.0 Å². The van der Waals surface area contributed by atoms with Gasteiger partial charge in [0.05, 0.1) is 6.04 Å². The van der Waals surface area contributed by atoms with E-state index in [1.54, 1.807) is 32.9 Å². The molecule has 69 heavy (non-hydrogen) atoms. The van der Waals surface area contributed by atoms with E-state index in [-0.39, 0.29) is 77.0 Å². The maximum atomic E-state index is 14.5. The fourth-order valence-corrected chi connectivity index (χ4v) is 7.14. The lowest BCUT2D eigenvalue weighted by Gasteiger charge is -2.34. The number of carboxylic acids is 1. The molecule has 0 fully saturated rings. The zero-order chi connectivity index (χ0) is 50.2. The number of aliphatic carboxylic acids is 1. The number of guanidine groups is 1. The largest absolute Gasteiger partial charge is 0.478 e. The van der Waals surface area contributed by atoms with Gasteiger partial charge in [0.1, 0.15) is 38.1 Å². The van der Waals surface area contributed by atoms with E-state index in [2.05, 4.69) is 39.4 Å². The van der Waals surface area contributed by atoms with Gasteiger partial charge >= 0.3 is 36.3 Å². The lowest BCUT2D eigenvalue weighted by atomic mass is 9.98. The molecule has 3 aromatic rings. The van der Waals surface area contributed by atoms with Gasteiger partial charge in [0, 0.05) is 38.0 Å². The van der Waals surface area contributed by atoms with Crippen LogP contribution in [0.3, 0.4) is 0 Å². The molecule has 3 aromatic carbocycles. The topological polar surface area (TPSA) is 250 Å². The van der Waals surface area contributed by atoms with Crippen LogP contribution < -0.4 is 21.3 Å². The highest BCUT2D eigenvalue weighted by Crippen LogP contribution is 2.44. The van der Waals surface area contributed by atoms with Crippen molar-refractivity contribution >= 4 is 48.2 Å². The first-order valence-corrected chi connectivity index (χ1v) is 22.2. The number of alkyl carbamates (subject to hydrolysis) is 4. The molecule has 19 nitrogen and oxygen atoms in total. The highest BCUT2D eigenvalue weighted by Gasteiger charge is 2.34. The first kappa shape index (κ1) is 53.7. The van der Waals surface area contributed by atoms with Crippen molar-refractivity contribution in [3.8, 4) is 11.1 Å². The van der Waals surface area contributed by atoms with Gasteiger partial charge in [-0.1, -0.05) is 104 Å². The number of hydrogen-bond donors (Lipinski definition) is 5. The maximum Gasteiger partial charge on any atom is 0.414 e. The normalized spacial score (nSPS) is 12.4. The summed E-state index contributed by atoms with van der Waals surface area (Å²) in [5.41, 5.74) is 4.04. The van der Waals surface area contributed by atoms with Crippen LogP contribution in [0, 0.1) is 0 Å². The SMILES string of the molecule is C=CCOC(=O)NC(=NCCC[C@@H](C(=O)OC/C=C/C(=O)O)N(C[C@H](Cc1ccccc1)NC(=O)OC(C)(C)C)C(=O)CCNC(=O)OCC1c2ccccc2-c2ccccc21)NC(=O)OCC=C. The second-order valence-electron chi connectivity index (χ2n) is 16.4. The number of amides is 5. The zero-order valence-corrected chi connectivity index (χ0v) is 39.0. The number of rotatable bonds is 23. The minimum absolute atomic E-state index is 0.0195. The standard InChI is InChI=1S/C50H60N6O13/c1-6-28-66-47(62)54-45(55-48(63)67-29-7-2)51-26-15-23-41(44(60)65-30-16-24-43(58)59)56(32-35(31-34-17-9-8-10-18-34)53-49(64)69-50(3,4)5)42(57)25-27-52-46(61)68-33-40-38-21-13-11-19-36(38)37-20-12-14-22-39(37)40/h6-14,16-22,24,35,40-41H,1-2,15,23,25-33H2,3-5H3,(H,52,61)(H,53,64)(H,58,59)(H2,51,54,55,62,63)/b24-16+/t35-,41-/m0/s1. The first-order chi connectivity index (χ1) is 33.1. The summed E-state index contributed by atoms with van der Waals surface area (Å²) in [5, 5.41) is 19.2. The zero-order valence-electron chi connectivity index (χ0n) is 39.0. The van der Waals surface area contributed by atoms with Crippen molar-refractivity contribution in [1.29, 1.82) is 0 Å². The number of fused-ring (bicyclic) bond motifs is 3. The molecule has 0 bridgehead atoms. The predicted octanol–water partition coefficient (Wildman–Crippen LogP) is 6.39. The fraction of sp³-hybridized carbons (Fsp3) is 0.360. The highest BCUT2D eigenvalue weighted by atomic mass is 16.6. The van der Waals surface area contributed by atoms with Crippen LogP contribution in [-0.2, 0) is 44.5 Å². The third kappa shape index (κ3) is 18.7. The molecular weight excluding hydrogens is 893 g/mol. The summed E-state index contributed by atoms with van der Waals surface area (Å²) in [4.78, 5) is 96.5. The summed E-state index contributed by atoms with van der Waals surface area (Å²) in [7, 11) is 0. The molecule has 5 amide bonds. The Hall–Kier alpha value is -7.96. The number of aliphatic imine (C=N–C) groups is 1. The molecule has 2 atom stereocenters. The number of ether oxygens (including phenoxy) is 5. The van der Waals surface area contributed by atoms with Crippen molar-refractivity contribution in [3.05, 3.63) is 133 Å². The molecule has 0 aromatic heterocycles. The minimum Gasteiger partial charge on any atom is -0.478 e. The van der Waals surface area contributed by atoms with Crippen LogP contribution in [0.5, 0.6) is 0 Å². The summed E-state index contributed by atoms with van der Waals surface area (Å²) in [6, 6.07) is 22.6. The minimum atomic E-state index is -1.39. The summed E-state index contributed by atoms with van der Waals surface area (Å²) in [5.74, 6) is -3.41. The Morgan fingerprint density at radius 1 is 0.768 bits per heavy atom. The number of esters is 1. The summed E-state index contributed by atoms with van der Waals surface area (Å²) >= 11 is 0. The molecule has 19 heteroatoms. The van der Waals surface area contributed by atoms with Crippen molar-refractivity contribution in [1.82, 2.24) is 26.2 Å². The second kappa shape index (κ2) is 27.6. The van der Waals surface area contributed by atoms with Crippen LogP contribution in [0.1, 0.15) is 62.6 Å². The van der Waals surface area contributed by atoms with Crippen LogP contribution in [0.15, 0.2) is 121 Å². The number of nitrogens with one attached hydrogen (secondary N) is 4. The lowest BCUT2D eigenvalue weighted by molar-refractivity contribution is -0.155. The molecule has 0 saturated heterocycles. The quantitative estimate of drug-likeness (QED) is 0.0132. The third-order valence-electron chi connectivity index (χ3n) is 9.98. The molecule has 0 spiro atoms. The van der Waals surface area contributed by atoms with E-state index in [1.807, 2.05) is 66.7 Å². The molecule has 0 radical (unpaired) electrons. The van der Waals surface area contributed by atoms with Gasteiger partial charge in [-0.3, -0.25) is 20.4 Å². The number of carbonyl (C=O) groups is 7. The van der Waals surface area contributed by atoms with Gasteiger partial charge in [0.15, 0.2) is 0 Å². The predicted molar refractivity (Wildman–Crippen MR) is 255 cm³/mol. The van der Waals surface area contributed by atoms with Crippen LogP contribution in [0.2, 0.25) is 0 Å². The van der Waals surface area contributed by atoms with Crippen molar-refractivity contribution in [2.75, 3.05) is 46.1 Å². The second-order valence-corrected chi connectivity index (χ2v) is 16.4. The van der Waals surface area contributed by atoms with Gasteiger partial charge in [-0.25, -0.2) is 28.8 Å². The Morgan fingerprint density at radius 3 is 1.94 bits per heavy atom. The molecule has 1 aliphatic carbocycles. The van der Waals surface area contributed by atoms with Crippen molar-refractivity contribution < 1.29 is 62.4 Å². The van der Waals surface area contributed by atoms with Gasteiger partial charge < -0.3 is 44.3 Å². The summed E-state index contributed by atoms with van der Waals surface area (Å²) in [6.07, 6.45) is 0.765. The summed E-state index contributed by atoms with van der Waals surface area (Å²) < 4.78 is 26.6. The van der Waals surface area contributed by atoms with E-state index in [4.69, 9.17) is 28.8 Å². The molecule has 0 aliphatic heterocycles. The van der Waals surface area contributed by atoms with E-state index in [1.165, 1.54) is 17.1 Å². The fourth-order valence-electron chi connectivity index (χ4n) is 7.14. The number of carbonyl (C=O) groups excluding carboxylic acids is 6. The van der Waals surface area contributed by atoms with Crippen molar-refractivity contribution in [3.63, 3.8) is 0 Å². The lowest BCUT2D eigenvalue weighted by Crippen LogP contribution is -2.54. The molecule has 368 valence electrons. The first-order valence-electron chi connectivity index (χ1n) is 22.2. The molecule has 0 unspecified atom stereocenters. The van der Waals surface area contributed by atoms with Crippen LogP contribution in [0.4, 0.5) is 19.2 Å². The molecular formula is C50H60N6O13. The van der Waals surface area contributed by atoms with E-state index < -0.39 is 66.5 Å². The number of hydrogen-bond acceptors (Lipinski definition) is 13. The van der Waals surface area contributed by atoms with Crippen molar-refractivity contribution in [2.45, 2.75) is 70.1 Å². The van der Waals surface area contributed by atoms with Gasteiger partial charge in [-0.15, -0.1) is 0 Å². The highest BCUT2D eigenvalue weighted by molar-refractivity contribution is 6.01. The molecule has 0 heterocycles. The van der Waals surface area contributed by atoms with Crippen LogP contribution in [-0.4, -0.2) is 122 Å². The maximum absolute atomic E-state index is 14.5. The third-order valence-corrected chi connectivity index (χ3v) is 9.98. The van der Waals surface area contributed by atoms with E-state index in [9.17, 15) is 33.6 Å². The molecule has 0 saturated carbocycles. The van der Waals surface area contributed by atoms with Crippen LogP contribution >= 0.6 is 0 Å². The van der Waals surface area contributed by atoms with Gasteiger partial charge in [-0.2, -0.15) is 0 Å². The number of benzene rings is 3. The Kier molecular flexibility index (Phi) is 21.5. The van der Waals surface area contributed by atoms with Gasteiger partial charge in [0.25, 0.3) is 0 Å². The molecule has 5 N–H and O–H groups in total. The Bertz CT molecular complexity index is 2250.